The predicted octanol–water partition coefficient (Wildman–Crippen LogP) is 2.63. The van der Waals surface area contributed by atoms with Gasteiger partial charge in [-0.25, -0.2) is 0 Å². The van der Waals surface area contributed by atoms with E-state index in [9.17, 15) is 0 Å². The summed E-state index contributed by atoms with van der Waals surface area (Å²) >= 11 is 0. The molecule has 1 aliphatic carbocycles. The molecular weight excluding hydrogens is 226 g/mol. The Balaban J connectivity index is 1.96. The van der Waals surface area contributed by atoms with E-state index in [2.05, 4.69) is 18.3 Å². The van der Waals surface area contributed by atoms with E-state index in [-0.39, 0.29) is 0 Å². The number of rotatable bonds is 7. The molecule has 0 aromatic heterocycles. The van der Waals surface area contributed by atoms with E-state index in [1.807, 2.05) is 12.1 Å². The Morgan fingerprint density at radius 2 is 2.06 bits per heavy atom. The van der Waals surface area contributed by atoms with Crippen molar-refractivity contribution in [2.24, 2.45) is 5.92 Å². The molecule has 1 saturated carbocycles. The zero-order valence-electron chi connectivity index (χ0n) is 11.5. The first-order valence-electron chi connectivity index (χ1n) is 6.67. The number of ether oxygens (including phenoxy) is 2. The second kappa shape index (κ2) is 6.10. The van der Waals surface area contributed by atoms with E-state index >= 15 is 0 Å². The van der Waals surface area contributed by atoms with Crippen LogP contribution in [0.4, 0.5) is 0 Å². The van der Waals surface area contributed by atoms with Crippen molar-refractivity contribution in [3.63, 3.8) is 0 Å². The molecule has 0 spiro atoms. The third-order valence-electron chi connectivity index (χ3n) is 3.39. The van der Waals surface area contributed by atoms with Crippen LogP contribution < -0.4 is 14.8 Å². The highest BCUT2D eigenvalue weighted by molar-refractivity contribution is 5.40. The average molecular weight is 249 g/mol. The van der Waals surface area contributed by atoms with E-state index in [0.717, 1.165) is 30.5 Å². The van der Waals surface area contributed by atoms with Crippen LogP contribution >= 0.6 is 0 Å². The minimum absolute atomic E-state index is 0.603. The molecule has 0 aliphatic heterocycles. The number of benzene rings is 1. The van der Waals surface area contributed by atoms with Crippen LogP contribution in [0.1, 0.15) is 25.3 Å². The Hall–Kier alpha value is -1.22. The maximum Gasteiger partial charge on any atom is 0.122 e. The molecule has 1 fully saturated rings. The molecule has 18 heavy (non-hydrogen) atoms. The summed E-state index contributed by atoms with van der Waals surface area (Å²) in [5.74, 6) is 2.45. The SMILES string of the molecule is COc1ccc(OC)c(CC(C)CNC2CC2)c1. The lowest BCUT2D eigenvalue weighted by molar-refractivity contribution is 0.394. The van der Waals surface area contributed by atoms with Crippen molar-refractivity contribution in [1.29, 1.82) is 0 Å². The fraction of sp³-hybridized carbons (Fsp3) is 0.600. The van der Waals surface area contributed by atoms with E-state index in [4.69, 9.17) is 9.47 Å². The van der Waals surface area contributed by atoms with Gasteiger partial charge in [0.15, 0.2) is 0 Å². The minimum Gasteiger partial charge on any atom is -0.497 e. The first-order valence-corrected chi connectivity index (χ1v) is 6.67. The predicted molar refractivity (Wildman–Crippen MR) is 73.4 cm³/mol. The molecule has 0 bridgehead atoms. The maximum absolute atomic E-state index is 5.41. The van der Waals surface area contributed by atoms with Crippen LogP contribution in [0.2, 0.25) is 0 Å². The highest BCUT2D eigenvalue weighted by Gasteiger charge is 2.21. The Morgan fingerprint density at radius 3 is 2.67 bits per heavy atom. The maximum atomic E-state index is 5.41. The summed E-state index contributed by atoms with van der Waals surface area (Å²) in [6.07, 6.45) is 3.70. The van der Waals surface area contributed by atoms with E-state index in [1.54, 1.807) is 14.2 Å². The van der Waals surface area contributed by atoms with Gasteiger partial charge in [0.05, 0.1) is 14.2 Å². The molecule has 0 radical (unpaired) electrons. The normalized spacial score (nSPS) is 16.4. The van der Waals surface area contributed by atoms with Crippen molar-refractivity contribution in [3.05, 3.63) is 23.8 Å². The first kappa shape index (κ1) is 13.2. The topological polar surface area (TPSA) is 30.5 Å². The Bertz CT molecular complexity index is 388. The van der Waals surface area contributed by atoms with Crippen LogP contribution in [0.15, 0.2) is 18.2 Å². The van der Waals surface area contributed by atoms with E-state index in [1.165, 1.54) is 18.4 Å². The fourth-order valence-electron chi connectivity index (χ4n) is 2.14. The van der Waals surface area contributed by atoms with Crippen LogP contribution in [-0.4, -0.2) is 26.8 Å². The highest BCUT2D eigenvalue weighted by atomic mass is 16.5. The lowest BCUT2D eigenvalue weighted by atomic mass is 10.00. The molecule has 0 amide bonds. The van der Waals surface area contributed by atoms with E-state index < -0.39 is 0 Å². The first-order chi connectivity index (χ1) is 8.72. The zero-order valence-corrected chi connectivity index (χ0v) is 11.5. The van der Waals surface area contributed by atoms with E-state index in [0.29, 0.717) is 5.92 Å². The van der Waals surface area contributed by atoms with Gasteiger partial charge in [-0.15, -0.1) is 0 Å². The molecule has 0 saturated heterocycles. The second-order valence-corrected chi connectivity index (χ2v) is 5.17. The van der Waals surface area contributed by atoms with Gasteiger partial charge in [0.25, 0.3) is 0 Å². The summed E-state index contributed by atoms with van der Waals surface area (Å²) in [5.41, 5.74) is 1.22. The summed E-state index contributed by atoms with van der Waals surface area (Å²) in [6, 6.07) is 6.77. The van der Waals surface area contributed by atoms with Crippen molar-refractivity contribution < 1.29 is 9.47 Å². The van der Waals surface area contributed by atoms with Gasteiger partial charge in [0.1, 0.15) is 11.5 Å². The second-order valence-electron chi connectivity index (χ2n) is 5.17. The lowest BCUT2D eigenvalue weighted by Crippen LogP contribution is -2.24. The Morgan fingerprint density at radius 1 is 1.28 bits per heavy atom. The highest BCUT2D eigenvalue weighted by Crippen LogP contribution is 2.26. The zero-order chi connectivity index (χ0) is 13.0. The molecule has 1 aromatic rings. The summed E-state index contributed by atoms with van der Waals surface area (Å²) in [6.45, 7) is 3.35. The molecule has 3 heteroatoms. The molecule has 2 rings (SSSR count). The van der Waals surface area contributed by atoms with Gasteiger partial charge in [-0.1, -0.05) is 6.92 Å². The molecular formula is C15H23NO2. The van der Waals surface area contributed by atoms with Gasteiger partial charge in [-0.05, 0) is 55.5 Å². The van der Waals surface area contributed by atoms with Gasteiger partial charge >= 0.3 is 0 Å². The molecule has 1 aliphatic rings. The fourth-order valence-corrected chi connectivity index (χ4v) is 2.14. The Kier molecular flexibility index (Phi) is 4.48. The van der Waals surface area contributed by atoms with Gasteiger partial charge in [-0.2, -0.15) is 0 Å². The van der Waals surface area contributed by atoms with Crippen LogP contribution in [0.3, 0.4) is 0 Å². The smallest absolute Gasteiger partial charge is 0.122 e. The standard InChI is InChI=1S/C15H23NO2/c1-11(10-16-13-4-5-13)8-12-9-14(17-2)6-7-15(12)18-3/h6-7,9,11,13,16H,4-5,8,10H2,1-3H3. The van der Waals surface area contributed by atoms with Crippen molar-refractivity contribution in [2.45, 2.75) is 32.2 Å². The van der Waals surface area contributed by atoms with Crippen LogP contribution in [0.25, 0.3) is 0 Å². The molecule has 0 heterocycles. The molecule has 1 aromatic carbocycles. The number of hydrogen-bond donors (Lipinski definition) is 1. The molecule has 1 atom stereocenters. The van der Waals surface area contributed by atoms with Crippen LogP contribution in [0, 0.1) is 5.92 Å². The van der Waals surface area contributed by atoms with Crippen LogP contribution in [-0.2, 0) is 6.42 Å². The molecule has 1 unspecified atom stereocenters. The number of hydrogen-bond acceptors (Lipinski definition) is 3. The largest absolute Gasteiger partial charge is 0.497 e. The monoisotopic (exact) mass is 249 g/mol. The van der Waals surface area contributed by atoms with Gasteiger partial charge < -0.3 is 14.8 Å². The average Bonchev–Trinajstić information content (AvgIpc) is 3.20. The number of methoxy groups -OCH3 is 2. The summed E-state index contributed by atoms with van der Waals surface area (Å²) in [7, 11) is 3.42. The van der Waals surface area contributed by atoms with Crippen molar-refractivity contribution >= 4 is 0 Å². The summed E-state index contributed by atoms with van der Waals surface area (Å²) in [4.78, 5) is 0. The summed E-state index contributed by atoms with van der Waals surface area (Å²) in [5, 5.41) is 3.57. The molecule has 1 N–H and O–H groups in total. The third kappa shape index (κ3) is 3.64. The number of nitrogens with one attached hydrogen (secondary N) is 1. The van der Waals surface area contributed by atoms with Crippen molar-refractivity contribution in [1.82, 2.24) is 5.32 Å². The molecule has 100 valence electrons. The van der Waals surface area contributed by atoms with Crippen LogP contribution in [0.5, 0.6) is 11.5 Å². The van der Waals surface area contributed by atoms with Crippen molar-refractivity contribution in [3.8, 4) is 11.5 Å². The van der Waals surface area contributed by atoms with Gasteiger partial charge in [-0.3, -0.25) is 0 Å². The van der Waals surface area contributed by atoms with Crippen molar-refractivity contribution in [2.75, 3.05) is 20.8 Å². The Labute approximate surface area is 109 Å². The minimum atomic E-state index is 0.603. The summed E-state index contributed by atoms with van der Waals surface area (Å²) < 4.78 is 10.7. The quantitative estimate of drug-likeness (QED) is 0.806. The van der Waals surface area contributed by atoms with Gasteiger partial charge in [0.2, 0.25) is 0 Å². The van der Waals surface area contributed by atoms with Gasteiger partial charge in [0, 0.05) is 6.04 Å². The molecule has 3 nitrogen and oxygen atoms in total. The third-order valence-corrected chi connectivity index (χ3v) is 3.39. The lowest BCUT2D eigenvalue weighted by Gasteiger charge is -2.15.